The van der Waals surface area contributed by atoms with Gasteiger partial charge in [0.1, 0.15) is 0 Å². The van der Waals surface area contributed by atoms with Crippen LogP contribution >= 0.6 is 0 Å². The summed E-state index contributed by atoms with van der Waals surface area (Å²) in [7, 11) is 0. The van der Waals surface area contributed by atoms with Crippen LogP contribution in [0.2, 0.25) is 0 Å². The molecule has 3 fully saturated rings. The molecule has 0 radical (unpaired) electrons. The number of hydrogen-bond donors (Lipinski definition) is 0. The smallest absolute Gasteiger partial charge is 0.347 e. The Balaban J connectivity index is 1.69. The Morgan fingerprint density at radius 2 is 2.25 bits per heavy atom. The van der Waals surface area contributed by atoms with Crippen LogP contribution in [0.25, 0.3) is 0 Å². The van der Waals surface area contributed by atoms with Crippen LogP contribution in [-0.4, -0.2) is 30.3 Å². The van der Waals surface area contributed by atoms with Gasteiger partial charge in [-0.1, -0.05) is 6.58 Å². The highest BCUT2D eigenvalue weighted by molar-refractivity contribution is 5.84. The largest absolute Gasteiger partial charge is 0.451 e. The molecule has 0 amide bonds. The Kier molecular flexibility index (Phi) is 2.68. The highest BCUT2D eigenvalue weighted by Crippen LogP contribution is 2.66. The molecule has 4 unspecified atom stereocenters. The average molecular weight is 280 g/mol. The maximum absolute atomic E-state index is 12.0. The van der Waals surface area contributed by atoms with Crippen molar-refractivity contribution in [2.45, 2.75) is 32.0 Å². The molecule has 3 rings (SSSR count). The minimum Gasteiger partial charge on any atom is -0.451 e. The molecule has 1 heterocycles. The number of carbonyl (C=O) groups is 3. The Labute approximate surface area is 116 Å². The van der Waals surface area contributed by atoms with E-state index in [2.05, 4.69) is 11.3 Å². The predicted molar refractivity (Wildman–Crippen MR) is 65.0 cm³/mol. The van der Waals surface area contributed by atoms with Crippen molar-refractivity contribution >= 4 is 17.9 Å². The van der Waals surface area contributed by atoms with E-state index in [9.17, 15) is 14.4 Å². The molecule has 6 nitrogen and oxygen atoms in total. The van der Waals surface area contributed by atoms with Crippen LogP contribution in [0.5, 0.6) is 0 Å². The molecule has 0 spiro atoms. The van der Waals surface area contributed by atoms with Gasteiger partial charge in [0.05, 0.1) is 11.3 Å². The summed E-state index contributed by atoms with van der Waals surface area (Å²) in [5.41, 5.74) is -0.541. The quantitative estimate of drug-likeness (QED) is 0.563. The van der Waals surface area contributed by atoms with Gasteiger partial charge in [0, 0.05) is 12.5 Å². The lowest BCUT2D eigenvalue weighted by molar-refractivity contribution is -0.225. The zero-order chi connectivity index (χ0) is 14.5. The zero-order valence-electron chi connectivity index (χ0n) is 11.2. The van der Waals surface area contributed by atoms with E-state index in [-0.39, 0.29) is 11.9 Å². The standard InChI is InChI=1S/C14H16O6/c1-3-10(15)18-7-11(16)19-14-6-8-4-9(14)13(2,5-8)12(17)20-14/h3,8-9H,1,4-7H2,2H3. The van der Waals surface area contributed by atoms with Crippen molar-refractivity contribution in [1.82, 2.24) is 0 Å². The first-order chi connectivity index (χ1) is 9.39. The number of rotatable bonds is 4. The SMILES string of the molecule is C=CC(=O)OCC(=O)OC12CC3CC1C(C)(C3)C(=O)O2. The third kappa shape index (κ3) is 1.67. The highest BCUT2D eigenvalue weighted by atomic mass is 16.7. The number of ether oxygens (including phenoxy) is 3. The van der Waals surface area contributed by atoms with E-state index in [1.165, 1.54) is 0 Å². The maximum atomic E-state index is 12.0. The second-order valence-corrected chi connectivity index (χ2v) is 5.97. The second kappa shape index (κ2) is 4.07. The van der Waals surface area contributed by atoms with Crippen LogP contribution in [0.15, 0.2) is 12.7 Å². The van der Waals surface area contributed by atoms with Gasteiger partial charge in [-0.2, -0.15) is 0 Å². The van der Waals surface area contributed by atoms with E-state index < -0.39 is 29.7 Å². The van der Waals surface area contributed by atoms with Crippen molar-refractivity contribution in [1.29, 1.82) is 0 Å². The molecule has 3 aliphatic rings. The lowest BCUT2D eigenvalue weighted by Crippen LogP contribution is -2.42. The molecule has 0 aromatic carbocycles. The topological polar surface area (TPSA) is 78.9 Å². The van der Waals surface area contributed by atoms with Gasteiger partial charge < -0.3 is 14.2 Å². The van der Waals surface area contributed by atoms with Gasteiger partial charge in [-0.3, -0.25) is 4.79 Å². The van der Waals surface area contributed by atoms with Crippen molar-refractivity contribution < 1.29 is 28.6 Å². The number of esters is 3. The molecule has 20 heavy (non-hydrogen) atoms. The number of carbonyl (C=O) groups excluding carboxylic acids is 3. The van der Waals surface area contributed by atoms with Gasteiger partial charge in [-0.05, 0) is 25.7 Å². The molecule has 6 heteroatoms. The van der Waals surface area contributed by atoms with Crippen LogP contribution in [0.3, 0.4) is 0 Å². The summed E-state index contributed by atoms with van der Waals surface area (Å²) in [6.45, 7) is 4.60. The summed E-state index contributed by atoms with van der Waals surface area (Å²) >= 11 is 0. The number of hydrogen-bond acceptors (Lipinski definition) is 6. The Hall–Kier alpha value is -1.85. The summed E-state index contributed by atoms with van der Waals surface area (Å²) < 4.78 is 15.4. The lowest BCUT2D eigenvalue weighted by Gasteiger charge is -2.32. The third-order valence-corrected chi connectivity index (χ3v) is 4.67. The fraction of sp³-hybridized carbons (Fsp3) is 0.643. The van der Waals surface area contributed by atoms with Crippen molar-refractivity contribution in [3.63, 3.8) is 0 Å². The van der Waals surface area contributed by atoms with Crippen LogP contribution < -0.4 is 0 Å². The summed E-state index contributed by atoms with van der Waals surface area (Å²) in [4.78, 5) is 34.7. The molecular formula is C14H16O6. The average Bonchev–Trinajstić information content (AvgIpc) is 2.92. The minimum absolute atomic E-state index is 0.0912. The monoisotopic (exact) mass is 280 g/mol. The van der Waals surface area contributed by atoms with Crippen LogP contribution in [0, 0.1) is 17.3 Å². The van der Waals surface area contributed by atoms with Crippen molar-refractivity contribution in [3.8, 4) is 0 Å². The second-order valence-electron chi connectivity index (χ2n) is 5.97. The van der Waals surface area contributed by atoms with Gasteiger partial charge in [-0.15, -0.1) is 0 Å². The van der Waals surface area contributed by atoms with E-state index >= 15 is 0 Å². The summed E-state index contributed by atoms with van der Waals surface area (Å²) in [6.07, 6.45) is 3.14. The number of fused-ring (bicyclic) bond motifs is 1. The minimum atomic E-state index is -1.15. The van der Waals surface area contributed by atoms with Gasteiger partial charge in [0.25, 0.3) is 5.79 Å². The molecule has 0 N–H and O–H groups in total. The van der Waals surface area contributed by atoms with E-state index in [0.717, 1.165) is 18.9 Å². The molecule has 4 atom stereocenters. The van der Waals surface area contributed by atoms with Crippen LogP contribution in [-0.2, 0) is 28.6 Å². The fourth-order valence-electron chi connectivity index (χ4n) is 3.94. The maximum Gasteiger partial charge on any atom is 0.347 e. The molecule has 2 aliphatic carbocycles. The Bertz CT molecular complexity index is 512. The summed E-state index contributed by atoms with van der Waals surface area (Å²) in [6, 6.07) is 0. The molecule has 0 aromatic heterocycles. The van der Waals surface area contributed by atoms with Gasteiger partial charge in [-0.25, -0.2) is 9.59 Å². The molecule has 1 aliphatic heterocycles. The first-order valence-electron chi connectivity index (χ1n) is 6.64. The van der Waals surface area contributed by atoms with E-state index in [1.54, 1.807) is 0 Å². The highest BCUT2D eigenvalue weighted by Gasteiger charge is 2.73. The van der Waals surface area contributed by atoms with Gasteiger partial charge in [0.15, 0.2) is 6.61 Å². The van der Waals surface area contributed by atoms with Gasteiger partial charge in [0.2, 0.25) is 0 Å². The predicted octanol–water partition coefficient (Wildman–Crippen LogP) is 0.948. The fourth-order valence-corrected chi connectivity index (χ4v) is 3.94. The van der Waals surface area contributed by atoms with Crippen LogP contribution in [0.1, 0.15) is 26.2 Å². The van der Waals surface area contributed by atoms with Crippen molar-refractivity contribution in [2.24, 2.45) is 17.3 Å². The Morgan fingerprint density at radius 1 is 1.50 bits per heavy atom. The molecule has 2 bridgehead atoms. The van der Waals surface area contributed by atoms with E-state index in [4.69, 9.17) is 9.47 Å². The Morgan fingerprint density at radius 3 is 2.90 bits per heavy atom. The molecule has 0 aromatic rings. The normalized spacial score (nSPS) is 40.4. The zero-order valence-corrected chi connectivity index (χ0v) is 11.2. The molecular weight excluding hydrogens is 264 g/mol. The molecule has 2 saturated carbocycles. The van der Waals surface area contributed by atoms with Gasteiger partial charge >= 0.3 is 17.9 Å². The third-order valence-electron chi connectivity index (χ3n) is 4.67. The molecule has 108 valence electrons. The van der Waals surface area contributed by atoms with Crippen LogP contribution in [0.4, 0.5) is 0 Å². The van der Waals surface area contributed by atoms with E-state index in [0.29, 0.717) is 12.3 Å². The summed E-state index contributed by atoms with van der Waals surface area (Å²) in [5, 5.41) is 0. The first kappa shape index (κ1) is 13.1. The lowest BCUT2D eigenvalue weighted by atomic mass is 9.74. The van der Waals surface area contributed by atoms with Crippen molar-refractivity contribution in [3.05, 3.63) is 12.7 Å². The molecule has 1 saturated heterocycles. The first-order valence-corrected chi connectivity index (χ1v) is 6.64. The van der Waals surface area contributed by atoms with E-state index in [1.807, 2.05) is 6.92 Å². The summed E-state index contributed by atoms with van der Waals surface area (Å²) in [5.74, 6) is -2.58. The van der Waals surface area contributed by atoms with Crippen molar-refractivity contribution in [2.75, 3.05) is 6.61 Å².